The van der Waals surface area contributed by atoms with E-state index in [0.29, 0.717) is 19.7 Å². The van der Waals surface area contributed by atoms with Gasteiger partial charge in [0.1, 0.15) is 17.4 Å². The van der Waals surface area contributed by atoms with E-state index in [2.05, 4.69) is 26.0 Å². The van der Waals surface area contributed by atoms with Crippen molar-refractivity contribution in [3.63, 3.8) is 0 Å². The lowest BCUT2D eigenvalue weighted by molar-refractivity contribution is 0.502. The summed E-state index contributed by atoms with van der Waals surface area (Å²) < 4.78 is 65.8. The Kier molecular flexibility index (Phi) is 4.58. The Hall–Kier alpha value is -1.63. The molecule has 0 saturated carbocycles. The van der Waals surface area contributed by atoms with Gasteiger partial charge in [-0.25, -0.2) is 17.8 Å². The van der Waals surface area contributed by atoms with Gasteiger partial charge in [0.2, 0.25) is 9.84 Å². The van der Waals surface area contributed by atoms with E-state index in [9.17, 15) is 21.2 Å². The monoisotopic (exact) mass is 464 g/mol. The molecule has 0 saturated heterocycles. The van der Waals surface area contributed by atoms with Crippen LogP contribution in [0.1, 0.15) is 23.3 Å². The van der Waals surface area contributed by atoms with Crippen LogP contribution in [0, 0.1) is 5.82 Å². The van der Waals surface area contributed by atoms with E-state index in [1.807, 2.05) is 0 Å². The summed E-state index contributed by atoms with van der Waals surface area (Å²) in [7, 11) is -5.63. The quantitative estimate of drug-likeness (QED) is 0.682. The maximum atomic E-state index is 13.7. The van der Waals surface area contributed by atoms with Gasteiger partial charge in [-0.2, -0.15) is 12.7 Å². The van der Waals surface area contributed by atoms with E-state index in [0.717, 1.165) is 16.7 Å². The molecule has 8 nitrogen and oxygen atoms in total. The third-order valence-electron chi connectivity index (χ3n) is 3.99. The Labute approximate surface area is 158 Å². The third kappa shape index (κ3) is 2.80. The molecule has 1 aromatic heterocycles. The number of halogens is 2. The fourth-order valence-electron chi connectivity index (χ4n) is 2.66. The molecule has 1 unspecified atom stereocenters. The molecule has 0 N–H and O–H groups in total. The largest absolute Gasteiger partial charge is 0.323 e. The summed E-state index contributed by atoms with van der Waals surface area (Å²) in [6, 6.07) is 3.86. The molecule has 140 valence electrons. The summed E-state index contributed by atoms with van der Waals surface area (Å²) in [4.78, 5) is 3.66. The first-order chi connectivity index (χ1) is 12.0. The molecule has 1 aliphatic rings. The van der Waals surface area contributed by atoms with Crippen LogP contribution in [0.5, 0.6) is 0 Å². The van der Waals surface area contributed by atoms with Crippen LogP contribution in [-0.4, -0.2) is 49.4 Å². The van der Waals surface area contributed by atoms with Gasteiger partial charge >= 0.3 is 10.2 Å². The van der Waals surface area contributed by atoms with E-state index in [1.54, 1.807) is 6.92 Å². The summed E-state index contributed by atoms with van der Waals surface area (Å²) in [6.45, 7) is 1.60. The van der Waals surface area contributed by atoms with E-state index in [-0.39, 0.29) is 5.56 Å². The SMILES string of the molecule is CC1=C(Br)c2ccc(F)cc2C1S(=O)(=O)c1ncn(S(=O)(=O)N(C)C)n1. The Morgan fingerprint density at radius 3 is 2.50 bits per heavy atom. The van der Waals surface area contributed by atoms with Crippen LogP contribution in [0.25, 0.3) is 4.48 Å². The first-order valence-electron chi connectivity index (χ1n) is 7.22. The van der Waals surface area contributed by atoms with Crippen molar-refractivity contribution in [2.75, 3.05) is 14.1 Å². The molecule has 1 heterocycles. The Bertz CT molecular complexity index is 1140. The zero-order valence-corrected chi connectivity index (χ0v) is 17.1. The molecule has 0 fully saturated rings. The summed E-state index contributed by atoms with van der Waals surface area (Å²) >= 11 is 3.33. The van der Waals surface area contributed by atoms with Gasteiger partial charge in [-0.3, -0.25) is 0 Å². The molecule has 26 heavy (non-hydrogen) atoms. The zero-order chi connectivity index (χ0) is 19.4. The maximum Gasteiger partial charge on any atom is 0.323 e. The van der Waals surface area contributed by atoms with Crippen LogP contribution in [0.4, 0.5) is 4.39 Å². The highest BCUT2D eigenvalue weighted by atomic mass is 79.9. The number of nitrogens with zero attached hydrogens (tertiary/aromatic N) is 4. The number of fused-ring (bicyclic) bond motifs is 1. The van der Waals surface area contributed by atoms with Crippen LogP contribution in [0.2, 0.25) is 0 Å². The maximum absolute atomic E-state index is 13.7. The average molecular weight is 465 g/mol. The fourth-order valence-corrected chi connectivity index (χ4v) is 5.85. The predicted octanol–water partition coefficient (Wildman–Crippen LogP) is 1.73. The van der Waals surface area contributed by atoms with E-state index < -0.39 is 36.3 Å². The Morgan fingerprint density at radius 2 is 1.88 bits per heavy atom. The van der Waals surface area contributed by atoms with Crippen molar-refractivity contribution in [3.05, 3.63) is 47.0 Å². The van der Waals surface area contributed by atoms with Crippen molar-refractivity contribution >= 4 is 40.5 Å². The van der Waals surface area contributed by atoms with Gasteiger partial charge in [0.05, 0.1) is 0 Å². The first-order valence-corrected chi connectivity index (χ1v) is 11.0. The van der Waals surface area contributed by atoms with Crippen molar-refractivity contribution in [1.29, 1.82) is 0 Å². The molecule has 0 amide bonds. The minimum atomic E-state index is -4.20. The molecule has 1 atom stereocenters. The normalized spacial score (nSPS) is 17.8. The van der Waals surface area contributed by atoms with Crippen LogP contribution in [-0.2, 0) is 20.0 Å². The highest BCUT2D eigenvalue weighted by molar-refractivity contribution is 9.15. The number of aromatic nitrogens is 3. The van der Waals surface area contributed by atoms with Gasteiger partial charge < -0.3 is 0 Å². The van der Waals surface area contributed by atoms with Crippen molar-refractivity contribution in [2.24, 2.45) is 0 Å². The summed E-state index contributed by atoms with van der Waals surface area (Å²) in [6.07, 6.45) is 0.817. The second kappa shape index (κ2) is 6.22. The number of benzene rings is 1. The molecule has 0 radical (unpaired) electrons. The Balaban J connectivity index is 2.14. The van der Waals surface area contributed by atoms with Crippen molar-refractivity contribution < 1.29 is 21.2 Å². The second-order valence-electron chi connectivity index (χ2n) is 5.84. The van der Waals surface area contributed by atoms with Gasteiger partial charge in [0, 0.05) is 18.6 Å². The second-order valence-corrected chi connectivity index (χ2v) is 10.6. The predicted molar refractivity (Wildman–Crippen MR) is 95.9 cm³/mol. The first kappa shape index (κ1) is 19.1. The number of rotatable bonds is 4. The average Bonchev–Trinajstić information content (AvgIpc) is 3.13. The van der Waals surface area contributed by atoms with Gasteiger partial charge in [-0.05, 0) is 35.8 Å². The number of hydrogen-bond donors (Lipinski definition) is 0. The minimum absolute atomic E-state index is 0.251. The third-order valence-corrected chi connectivity index (χ3v) is 8.53. The number of hydrogen-bond acceptors (Lipinski definition) is 6. The molecule has 0 bridgehead atoms. The van der Waals surface area contributed by atoms with E-state index in [4.69, 9.17) is 0 Å². The van der Waals surface area contributed by atoms with E-state index in [1.165, 1.54) is 26.2 Å². The van der Waals surface area contributed by atoms with Crippen molar-refractivity contribution in [1.82, 2.24) is 18.5 Å². The topological polar surface area (TPSA) is 102 Å². The van der Waals surface area contributed by atoms with Crippen LogP contribution in [0.3, 0.4) is 0 Å². The molecule has 1 aliphatic carbocycles. The Morgan fingerprint density at radius 1 is 1.23 bits per heavy atom. The highest BCUT2D eigenvalue weighted by Gasteiger charge is 2.41. The fraction of sp³-hybridized carbons (Fsp3) is 0.286. The standard InChI is InChI=1S/C14H14BrFN4O4S2/c1-8-12(15)10-5-4-9(16)6-11(10)13(8)25(21,22)14-17-7-20(18-14)26(23,24)19(2)3/h4-7,13H,1-3H3. The summed E-state index contributed by atoms with van der Waals surface area (Å²) in [5, 5.41) is 1.77. The lowest BCUT2D eigenvalue weighted by Gasteiger charge is -2.13. The molecule has 2 aromatic rings. The summed E-state index contributed by atoms with van der Waals surface area (Å²) in [5.74, 6) is -0.576. The van der Waals surface area contributed by atoms with Gasteiger partial charge in [0.15, 0.2) is 0 Å². The summed E-state index contributed by atoms with van der Waals surface area (Å²) in [5.41, 5.74) is 1.25. The van der Waals surface area contributed by atoms with Gasteiger partial charge in [-0.15, -0.1) is 9.19 Å². The van der Waals surface area contributed by atoms with Gasteiger partial charge in [-0.1, -0.05) is 22.0 Å². The minimum Gasteiger partial charge on any atom is -0.219 e. The zero-order valence-electron chi connectivity index (χ0n) is 13.9. The lowest BCUT2D eigenvalue weighted by Crippen LogP contribution is -2.29. The molecule has 0 spiro atoms. The molecule has 3 rings (SSSR count). The van der Waals surface area contributed by atoms with Crippen LogP contribution >= 0.6 is 15.9 Å². The molecule has 1 aromatic carbocycles. The smallest absolute Gasteiger partial charge is 0.219 e. The van der Waals surface area contributed by atoms with Crippen LogP contribution in [0.15, 0.2) is 35.3 Å². The molecular weight excluding hydrogens is 451 g/mol. The van der Waals surface area contributed by atoms with Crippen molar-refractivity contribution in [2.45, 2.75) is 17.3 Å². The molecule has 0 aliphatic heterocycles. The molecule has 12 heteroatoms. The highest BCUT2D eigenvalue weighted by Crippen LogP contribution is 2.48. The van der Waals surface area contributed by atoms with Crippen LogP contribution < -0.4 is 0 Å². The van der Waals surface area contributed by atoms with Gasteiger partial charge in [0.25, 0.3) is 5.16 Å². The van der Waals surface area contributed by atoms with E-state index >= 15 is 0 Å². The lowest BCUT2D eigenvalue weighted by atomic mass is 10.1. The number of sulfone groups is 1. The van der Waals surface area contributed by atoms with Crippen molar-refractivity contribution in [3.8, 4) is 0 Å². The molecular formula is C14H14BrFN4O4S2.